The molecule has 4 aromatic carbocycles. The van der Waals surface area contributed by atoms with Crippen molar-refractivity contribution in [1.29, 1.82) is 0 Å². The van der Waals surface area contributed by atoms with E-state index < -0.39 is 4.92 Å². The predicted octanol–water partition coefficient (Wildman–Crippen LogP) is 7.50. The average Bonchev–Trinajstić information content (AvgIpc) is 3.19. The van der Waals surface area contributed by atoms with E-state index in [2.05, 4.69) is 34.1 Å². The second-order valence-electron chi connectivity index (χ2n) is 8.26. The molecule has 38 heavy (non-hydrogen) atoms. The van der Waals surface area contributed by atoms with Crippen LogP contribution in [0.2, 0.25) is 0 Å². The highest BCUT2D eigenvalue weighted by Crippen LogP contribution is 2.41. The van der Waals surface area contributed by atoms with E-state index in [0.29, 0.717) is 43.1 Å². The molecule has 10 heteroatoms. The predicted molar refractivity (Wildman–Crippen MR) is 158 cm³/mol. The maximum atomic E-state index is 13.2. The number of thiocarbonyl (C=S) groups is 1. The summed E-state index contributed by atoms with van der Waals surface area (Å²) in [5.41, 5.74) is 1.98. The summed E-state index contributed by atoms with van der Waals surface area (Å²) in [6, 6.07) is 23.7. The van der Waals surface area contributed by atoms with Crippen LogP contribution in [0.25, 0.3) is 16.8 Å². The molecule has 0 saturated carbocycles. The van der Waals surface area contributed by atoms with Crippen LogP contribution in [0.5, 0.6) is 11.5 Å². The van der Waals surface area contributed by atoms with Crippen LogP contribution >= 0.6 is 39.9 Å². The first kappa shape index (κ1) is 25.9. The monoisotopic (exact) mass is 606 g/mol. The summed E-state index contributed by atoms with van der Waals surface area (Å²) in [4.78, 5) is 25.5. The van der Waals surface area contributed by atoms with Gasteiger partial charge in [-0.15, -0.1) is 0 Å². The summed E-state index contributed by atoms with van der Waals surface area (Å²) in [6.45, 7) is 0.345. The molecule has 0 atom stereocenters. The minimum atomic E-state index is -0.509. The van der Waals surface area contributed by atoms with Gasteiger partial charge in [0.1, 0.15) is 6.61 Å². The van der Waals surface area contributed by atoms with Crippen LogP contribution in [0.4, 0.5) is 11.4 Å². The number of methoxy groups -OCH3 is 1. The number of benzene rings is 4. The van der Waals surface area contributed by atoms with Gasteiger partial charge in [-0.05, 0) is 62.1 Å². The molecule has 1 aliphatic rings. The Labute approximate surface area is 236 Å². The zero-order valence-electron chi connectivity index (χ0n) is 19.9. The van der Waals surface area contributed by atoms with Gasteiger partial charge in [-0.3, -0.25) is 19.8 Å². The molecule has 4 aromatic rings. The summed E-state index contributed by atoms with van der Waals surface area (Å²) in [5.74, 6) is 0.689. The lowest BCUT2D eigenvalue weighted by atomic mass is 10.1. The van der Waals surface area contributed by atoms with Crippen molar-refractivity contribution in [2.24, 2.45) is 0 Å². The van der Waals surface area contributed by atoms with E-state index in [0.717, 1.165) is 28.1 Å². The molecule has 1 amide bonds. The van der Waals surface area contributed by atoms with Crippen molar-refractivity contribution in [3.63, 3.8) is 0 Å². The van der Waals surface area contributed by atoms with Gasteiger partial charge in [0.2, 0.25) is 0 Å². The van der Waals surface area contributed by atoms with Gasteiger partial charge in [-0.2, -0.15) is 0 Å². The van der Waals surface area contributed by atoms with E-state index in [1.807, 2.05) is 30.3 Å². The Kier molecular flexibility index (Phi) is 7.46. The lowest BCUT2D eigenvalue weighted by molar-refractivity contribution is -0.384. The van der Waals surface area contributed by atoms with Gasteiger partial charge in [0.25, 0.3) is 11.6 Å². The zero-order valence-corrected chi connectivity index (χ0v) is 23.1. The van der Waals surface area contributed by atoms with Gasteiger partial charge in [-0.25, -0.2) is 0 Å². The fraction of sp³-hybridized carbons (Fsp3) is 0.0714. The normalized spacial score (nSPS) is 14.4. The summed E-state index contributed by atoms with van der Waals surface area (Å²) >= 11 is 10.1. The van der Waals surface area contributed by atoms with Crippen LogP contribution in [-0.2, 0) is 11.4 Å². The standard InChI is InChI=1S/C28H19BrN2O5S2/c1-35-24-13-17(12-23(29)26(24)36-16-19-8-4-7-18-6-2-3-11-22(18)19)14-25-27(32)30(28(37)38-25)20-9-5-10-21(15-20)31(33)34/h2-15H,16H2,1H3/b25-14+. The van der Waals surface area contributed by atoms with Crippen LogP contribution in [0, 0.1) is 10.1 Å². The van der Waals surface area contributed by atoms with E-state index in [1.54, 1.807) is 25.3 Å². The first-order chi connectivity index (χ1) is 18.4. The smallest absolute Gasteiger partial charge is 0.271 e. The topological polar surface area (TPSA) is 81.9 Å². The number of fused-ring (bicyclic) bond motifs is 1. The number of nitro benzene ring substituents is 1. The molecular formula is C28H19BrN2O5S2. The van der Waals surface area contributed by atoms with Crippen LogP contribution < -0.4 is 14.4 Å². The summed E-state index contributed by atoms with van der Waals surface area (Å²) in [7, 11) is 1.55. The van der Waals surface area contributed by atoms with Gasteiger partial charge in [0.05, 0.1) is 27.1 Å². The highest BCUT2D eigenvalue weighted by Gasteiger charge is 2.34. The number of halogens is 1. The number of nitrogens with zero attached hydrogens (tertiary/aromatic N) is 2. The number of hydrogen-bond donors (Lipinski definition) is 0. The number of amides is 1. The minimum absolute atomic E-state index is 0.117. The molecule has 0 bridgehead atoms. The van der Waals surface area contributed by atoms with Gasteiger partial charge in [-0.1, -0.05) is 72.5 Å². The molecule has 1 aliphatic heterocycles. The quantitative estimate of drug-likeness (QED) is 0.0931. The zero-order chi connectivity index (χ0) is 26.8. The van der Waals surface area contributed by atoms with Crippen molar-refractivity contribution in [3.8, 4) is 11.5 Å². The third-order valence-electron chi connectivity index (χ3n) is 5.89. The molecule has 0 spiro atoms. The Morgan fingerprint density at radius 1 is 1.08 bits per heavy atom. The Morgan fingerprint density at radius 3 is 2.63 bits per heavy atom. The molecule has 0 radical (unpaired) electrons. The molecule has 0 unspecified atom stereocenters. The lowest BCUT2D eigenvalue weighted by Crippen LogP contribution is -2.27. The number of nitro groups is 1. The average molecular weight is 608 g/mol. The molecule has 1 fully saturated rings. The number of rotatable bonds is 7. The fourth-order valence-electron chi connectivity index (χ4n) is 4.12. The number of hydrogen-bond acceptors (Lipinski definition) is 7. The Hall–Kier alpha value is -3.73. The summed E-state index contributed by atoms with van der Waals surface area (Å²) in [6.07, 6.45) is 1.71. The Morgan fingerprint density at radius 2 is 1.84 bits per heavy atom. The number of carbonyl (C=O) groups excluding carboxylic acids is 1. The highest BCUT2D eigenvalue weighted by atomic mass is 79.9. The summed E-state index contributed by atoms with van der Waals surface area (Å²) < 4.78 is 12.7. The Bertz CT molecular complexity index is 1630. The highest BCUT2D eigenvalue weighted by molar-refractivity contribution is 9.10. The van der Waals surface area contributed by atoms with Crippen LogP contribution in [0.15, 0.2) is 88.2 Å². The first-order valence-electron chi connectivity index (χ1n) is 11.3. The van der Waals surface area contributed by atoms with Gasteiger partial charge < -0.3 is 9.47 Å². The van der Waals surface area contributed by atoms with E-state index in [1.165, 1.54) is 23.1 Å². The molecule has 190 valence electrons. The van der Waals surface area contributed by atoms with Crippen molar-refractivity contribution < 1.29 is 19.2 Å². The molecule has 0 aliphatic carbocycles. The molecule has 7 nitrogen and oxygen atoms in total. The van der Waals surface area contributed by atoms with Crippen molar-refractivity contribution in [3.05, 3.63) is 109 Å². The van der Waals surface area contributed by atoms with E-state index in [9.17, 15) is 14.9 Å². The largest absolute Gasteiger partial charge is 0.493 e. The number of anilines is 1. The number of non-ortho nitro benzene ring substituents is 1. The van der Waals surface area contributed by atoms with Crippen molar-refractivity contribution >= 4 is 78.4 Å². The van der Waals surface area contributed by atoms with E-state index >= 15 is 0 Å². The second kappa shape index (κ2) is 10.9. The molecule has 5 rings (SSSR count). The van der Waals surface area contributed by atoms with Crippen LogP contribution in [0.1, 0.15) is 11.1 Å². The van der Waals surface area contributed by atoms with Crippen molar-refractivity contribution in [1.82, 2.24) is 0 Å². The van der Waals surface area contributed by atoms with Crippen molar-refractivity contribution in [2.45, 2.75) is 6.61 Å². The van der Waals surface area contributed by atoms with E-state index in [4.69, 9.17) is 21.7 Å². The van der Waals surface area contributed by atoms with Gasteiger partial charge >= 0.3 is 0 Å². The summed E-state index contributed by atoms with van der Waals surface area (Å²) in [5, 5.41) is 13.4. The van der Waals surface area contributed by atoms with Crippen LogP contribution in [-0.4, -0.2) is 22.3 Å². The third-order valence-corrected chi connectivity index (χ3v) is 7.79. The maximum Gasteiger partial charge on any atom is 0.271 e. The number of thioether (sulfide) groups is 1. The van der Waals surface area contributed by atoms with Gasteiger partial charge in [0.15, 0.2) is 15.8 Å². The molecule has 1 heterocycles. The third kappa shape index (κ3) is 5.15. The Balaban J connectivity index is 1.40. The number of carbonyl (C=O) groups is 1. The SMILES string of the molecule is COc1cc(/C=C2/SC(=S)N(c3cccc([N+](=O)[O-])c3)C2=O)cc(Br)c1OCc1cccc2ccccc12. The first-order valence-corrected chi connectivity index (χ1v) is 13.4. The molecule has 0 N–H and O–H groups in total. The number of ether oxygens (including phenoxy) is 2. The van der Waals surface area contributed by atoms with Crippen molar-refractivity contribution in [2.75, 3.05) is 12.0 Å². The minimum Gasteiger partial charge on any atom is -0.493 e. The second-order valence-corrected chi connectivity index (χ2v) is 10.8. The fourth-order valence-corrected chi connectivity index (χ4v) is 5.99. The van der Waals surface area contributed by atoms with Crippen LogP contribution in [0.3, 0.4) is 0 Å². The molecule has 1 saturated heterocycles. The van der Waals surface area contributed by atoms with E-state index in [-0.39, 0.29) is 11.6 Å². The molecule has 0 aromatic heterocycles. The lowest BCUT2D eigenvalue weighted by Gasteiger charge is -2.15. The molecular weight excluding hydrogens is 588 g/mol. The maximum absolute atomic E-state index is 13.2. The van der Waals surface area contributed by atoms with Gasteiger partial charge in [0, 0.05) is 12.1 Å².